The lowest BCUT2D eigenvalue weighted by Gasteiger charge is -2.26. The number of fused-ring (bicyclic) bond motifs is 2. The van der Waals surface area contributed by atoms with Gasteiger partial charge in [0.15, 0.2) is 0 Å². The van der Waals surface area contributed by atoms with Crippen LogP contribution in [0.25, 0.3) is 5.69 Å². The molecule has 1 aromatic carbocycles. The van der Waals surface area contributed by atoms with Crippen LogP contribution in [-0.4, -0.2) is 57.7 Å². The van der Waals surface area contributed by atoms with Crippen molar-refractivity contribution in [1.29, 1.82) is 0 Å². The van der Waals surface area contributed by atoms with E-state index in [0.29, 0.717) is 12.1 Å². The molecule has 120 valence electrons. The van der Waals surface area contributed by atoms with Crippen molar-refractivity contribution < 1.29 is 4.79 Å². The standard InChI is InChI=1S/C18H22N4O/c1-20-14-7-8-15(20)13-21(12-9-14)18(23)16-5-2-3-6-17(16)22-11-4-10-19-22/h2-6,10-11,14-15H,7-9,12-13H2,1H3/t14-,15+/m0/s1. The van der Waals surface area contributed by atoms with Crippen molar-refractivity contribution in [3.8, 4) is 5.69 Å². The fraction of sp³-hybridized carbons (Fsp3) is 0.444. The summed E-state index contributed by atoms with van der Waals surface area (Å²) in [4.78, 5) is 17.6. The van der Waals surface area contributed by atoms with E-state index >= 15 is 0 Å². The number of para-hydroxylation sites is 1. The molecular formula is C18H22N4O. The zero-order chi connectivity index (χ0) is 15.8. The molecule has 0 N–H and O–H groups in total. The molecule has 2 atom stereocenters. The minimum Gasteiger partial charge on any atom is -0.337 e. The Balaban J connectivity index is 1.63. The summed E-state index contributed by atoms with van der Waals surface area (Å²) in [5, 5.41) is 4.28. The zero-order valence-electron chi connectivity index (χ0n) is 13.4. The molecule has 1 amide bonds. The number of carbonyl (C=O) groups excluding carboxylic acids is 1. The topological polar surface area (TPSA) is 41.4 Å². The molecule has 2 aliphatic rings. The normalized spacial score (nSPS) is 24.7. The predicted octanol–water partition coefficient (Wildman–Crippen LogP) is 2.18. The van der Waals surface area contributed by atoms with Crippen molar-refractivity contribution in [3.63, 3.8) is 0 Å². The summed E-state index contributed by atoms with van der Waals surface area (Å²) in [6.07, 6.45) is 7.16. The first kappa shape index (κ1) is 14.5. The Morgan fingerprint density at radius 2 is 1.96 bits per heavy atom. The van der Waals surface area contributed by atoms with Crippen LogP contribution in [0.3, 0.4) is 0 Å². The number of amides is 1. The number of benzene rings is 1. The van der Waals surface area contributed by atoms with Gasteiger partial charge in [0.2, 0.25) is 0 Å². The second-order valence-electron chi connectivity index (χ2n) is 6.56. The molecular weight excluding hydrogens is 288 g/mol. The molecule has 0 saturated carbocycles. The molecule has 2 saturated heterocycles. The van der Waals surface area contributed by atoms with E-state index in [2.05, 4.69) is 17.0 Å². The molecule has 5 nitrogen and oxygen atoms in total. The highest BCUT2D eigenvalue weighted by molar-refractivity contribution is 5.97. The largest absolute Gasteiger partial charge is 0.337 e. The lowest BCUT2D eigenvalue weighted by molar-refractivity contribution is 0.0740. The fourth-order valence-corrected chi connectivity index (χ4v) is 3.93. The van der Waals surface area contributed by atoms with Crippen LogP contribution in [0.1, 0.15) is 29.6 Å². The van der Waals surface area contributed by atoms with Crippen molar-refractivity contribution in [2.24, 2.45) is 0 Å². The molecule has 1 aromatic heterocycles. The highest BCUT2D eigenvalue weighted by Crippen LogP contribution is 2.29. The van der Waals surface area contributed by atoms with Crippen LogP contribution in [-0.2, 0) is 0 Å². The van der Waals surface area contributed by atoms with Gasteiger partial charge in [-0.15, -0.1) is 0 Å². The van der Waals surface area contributed by atoms with Crippen LogP contribution in [0.2, 0.25) is 0 Å². The number of carbonyl (C=O) groups is 1. The maximum Gasteiger partial charge on any atom is 0.256 e. The molecule has 0 radical (unpaired) electrons. The van der Waals surface area contributed by atoms with Gasteiger partial charge in [-0.3, -0.25) is 9.69 Å². The molecule has 4 rings (SSSR count). The minimum absolute atomic E-state index is 0.122. The zero-order valence-corrected chi connectivity index (χ0v) is 13.4. The third-order valence-electron chi connectivity index (χ3n) is 5.32. The Bertz CT molecular complexity index is 697. The third-order valence-corrected chi connectivity index (χ3v) is 5.32. The molecule has 2 bridgehead atoms. The second kappa shape index (κ2) is 5.81. The Morgan fingerprint density at radius 3 is 2.78 bits per heavy atom. The van der Waals surface area contributed by atoms with Crippen LogP contribution < -0.4 is 0 Å². The summed E-state index contributed by atoms with van der Waals surface area (Å²) >= 11 is 0. The van der Waals surface area contributed by atoms with E-state index in [0.717, 1.165) is 30.8 Å². The Hall–Kier alpha value is -2.14. The van der Waals surface area contributed by atoms with Crippen LogP contribution in [0.4, 0.5) is 0 Å². The smallest absolute Gasteiger partial charge is 0.256 e. The van der Waals surface area contributed by atoms with E-state index in [4.69, 9.17) is 0 Å². The first-order valence-corrected chi connectivity index (χ1v) is 8.34. The van der Waals surface area contributed by atoms with E-state index in [1.54, 1.807) is 10.9 Å². The highest BCUT2D eigenvalue weighted by Gasteiger charge is 2.36. The van der Waals surface area contributed by atoms with Gasteiger partial charge in [0.05, 0.1) is 11.3 Å². The number of nitrogens with zero attached hydrogens (tertiary/aromatic N) is 4. The number of likely N-dealkylation sites (N-methyl/N-ethyl adjacent to an activating group) is 1. The van der Waals surface area contributed by atoms with Gasteiger partial charge < -0.3 is 4.90 Å². The maximum atomic E-state index is 13.1. The lowest BCUT2D eigenvalue weighted by Crippen LogP contribution is -2.40. The van der Waals surface area contributed by atoms with Gasteiger partial charge >= 0.3 is 0 Å². The van der Waals surface area contributed by atoms with Crippen molar-refractivity contribution in [3.05, 3.63) is 48.3 Å². The van der Waals surface area contributed by atoms with Crippen LogP contribution in [0, 0.1) is 0 Å². The van der Waals surface area contributed by atoms with E-state index in [1.807, 2.05) is 41.4 Å². The molecule has 2 aliphatic heterocycles. The van der Waals surface area contributed by atoms with E-state index in [9.17, 15) is 4.79 Å². The summed E-state index contributed by atoms with van der Waals surface area (Å²) in [7, 11) is 2.20. The van der Waals surface area contributed by atoms with Gasteiger partial charge in [-0.2, -0.15) is 5.10 Å². The van der Waals surface area contributed by atoms with Crippen molar-refractivity contribution >= 4 is 5.91 Å². The number of hydrogen-bond donors (Lipinski definition) is 0. The van der Waals surface area contributed by atoms with Crippen LogP contribution >= 0.6 is 0 Å². The number of rotatable bonds is 2. The summed E-state index contributed by atoms with van der Waals surface area (Å²) in [5.41, 5.74) is 1.59. The van der Waals surface area contributed by atoms with Crippen LogP contribution in [0.5, 0.6) is 0 Å². The Labute approximate surface area is 136 Å². The summed E-state index contributed by atoms with van der Waals surface area (Å²) in [6, 6.07) is 10.8. The molecule has 3 heterocycles. The Morgan fingerprint density at radius 1 is 1.13 bits per heavy atom. The molecule has 23 heavy (non-hydrogen) atoms. The summed E-state index contributed by atoms with van der Waals surface area (Å²) in [5.74, 6) is 0.122. The van der Waals surface area contributed by atoms with Crippen molar-refractivity contribution in [2.75, 3.05) is 20.1 Å². The molecule has 2 fully saturated rings. The molecule has 2 aromatic rings. The SMILES string of the molecule is CN1[C@H]2CC[C@@H]1CN(C(=O)c1ccccc1-n1cccn1)CC2. The Kier molecular flexibility index (Phi) is 3.65. The van der Waals surface area contributed by atoms with Gasteiger partial charge in [0, 0.05) is 37.6 Å². The summed E-state index contributed by atoms with van der Waals surface area (Å²) in [6.45, 7) is 1.68. The molecule has 5 heteroatoms. The average molecular weight is 310 g/mol. The number of aromatic nitrogens is 2. The first-order chi connectivity index (χ1) is 11.2. The van der Waals surface area contributed by atoms with Gasteiger partial charge in [-0.1, -0.05) is 12.1 Å². The van der Waals surface area contributed by atoms with Gasteiger partial charge in [0.1, 0.15) is 0 Å². The molecule has 0 aliphatic carbocycles. The maximum absolute atomic E-state index is 13.1. The molecule has 0 spiro atoms. The summed E-state index contributed by atoms with van der Waals surface area (Å²) < 4.78 is 1.77. The lowest BCUT2D eigenvalue weighted by atomic mass is 10.1. The molecule has 0 unspecified atom stereocenters. The van der Waals surface area contributed by atoms with E-state index in [-0.39, 0.29) is 5.91 Å². The predicted molar refractivity (Wildman–Crippen MR) is 88.7 cm³/mol. The van der Waals surface area contributed by atoms with Crippen LogP contribution in [0.15, 0.2) is 42.7 Å². The second-order valence-corrected chi connectivity index (χ2v) is 6.56. The van der Waals surface area contributed by atoms with Crippen molar-refractivity contribution in [1.82, 2.24) is 19.6 Å². The van der Waals surface area contributed by atoms with E-state index < -0.39 is 0 Å². The van der Waals surface area contributed by atoms with Gasteiger partial charge in [-0.05, 0) is 44.5 Å². The fourth-order valence-electron chi connectivity index (χ4n) is 3.93. The number of hydrogen-bond acceptors (Lipinski definition) is 3. The van der Waals surface area contributed by atoms with E-state index in [1.165, 1.54) is 12.8 Å². The first-order valence-electron chi connectivity index (χ1n) is 8.34. The quantitative estimate of drug-likeness (QED) is 0.854. The van der Waals surface area contributed by atoms with Crippen molar-refractivity contribution in [2.45, 2.75) is 31.3 Å². The number of likely N-dealkylation sites (tertiary alicyclic amines) is 1. The van der Waals surface area contributed by atoms with Gasteiger partial charge in [0.25, 0.3) is 5.91 Å². The third kappa shape index (κ3) is 2.55. The monoisotopic (exact) mass is 310 g/mol. The minimum atomic E-state index is 0.122. The highest BCUT2D eigenvalue weighted by atomic mass is 16.2. The van der Waals surface area contributed by atoms with Gasteiger partial charge in [-0.25, -0.2) is 4.68 Å². The average Bonchev–Trinajstić information content (AvgIpc) is 3.16.